The van der Waals surface area contributed by atoms with Gasteiger partial charge in [0.05, 0.1) is 12.2 Å². The molecule has 0 aliphatic heterocycles. The summed E-state index contributed by atoms with van der Waals surface area (Å²) >= 11 is 0. The SMILES string of the molecule is CC(C)(C)[Si](C)(C)OCc1cccc(C(F)(F)F)c1. The molecule has 0 N–H and O–H groups in total. The molecule has 0 bridgehead atoms. The summed E-state index contributed by atoms with van der Waals surface area (Å²) in [6, 6.07) is 5.33. The zero-order chi connectivity index (χ0) is 14.9. The highest BCUT2D eigenvalue weighted by atomic mass is 28.4. The standard InChI is InChI=1S/C14H21F3OSi/c1-13(2,3)19(4,5)18-10-11-7-6-8-12(9-11)14(15,16)17/h6-9H,10H2,1-5H3. The second-order valence-electron chi connectivity index (χ2n) is 6.25. The minimum Gasteiger partial charge on any atom is -0.413 e. The van der Waals surface area contributed by atoms with Crippen molar-refractivity contribution in [2.75, 3.05) is 0 Å². The van der Waals surface area contributed by atoms with E-state index in [-0.39, 0.29) is 11.6 Å². The zero-order valence-corrected chi connectivity index (χ0v) is 13.1. The van der Waals surface area contributed by atoms with Crippen molar-refractivity contribution in [2.24, 2.45) is 0 Å². The molecule has 5 heteroatoms. The van der Waals surface area contributed by atoms with Crippen molar-refractivity contribution in [3.8, 4) is 0 Å². The highest BCUT2D eigenvalue weighted by Crippen LogP contribution is 2.37. The fraction of sp³-hybridized carbons (Fsp3) is 0.571. The molecule has 0 aliphatic rings. The largest absolute Gasteiger partial charge is 0.416 e. The molecule has 1 rings (SSSR count). The smallest absolute Gasteiger partial charge is 0.413 e. The Labute approximate surface area is 113 Å². The van der Waals surface area contributed by atoms with E-state index in [9.17, 15) is 13.2 Å². The predicted molar refractivity (Wildman–Crippen MR) is 73.4 cm³/mol. The highest BCUT2D eigenvalue weighted by Gasteiger charge is 2.37. The Morgan fingerprint density at radius 3 is 2.16 bits per heavy atom. The molecule has 1 aromatic carbocycles. The van der Waals surface area contributed by atoms with E-state index in [1.807, 2.05) is 0 Å². The van der Waals surface area contributed by atoms with Gasteiger partial charge in [0.25, 0.3) is 0 Å². The lowest BCUT2D eigenvalue weighted by molar-refractivity contribution is -0.137. The molecule has 0 saturated heterocycles. The normalized spacial score (nSPS) is 13.7. The van der Waals surface area contributed by atoms with Crippen molar-refractivity contribution in [3.63, 3.8) is 0 Å². The summed E-state index contributed by atoms with van der Waals surface area (Å²) in [7, 11) is -1.93. The van der Waals surface area contributed by atoms with Crippen LogP contribution in [0, 0.1) is 0 Å². The maximum absolute atomic E-state index is 12.6. The number of benzene rings is 1. The second-order valence-corrected chi connectivity index (χ2v) is 11.1. The van der Waals surface area contributed by atoms with Crippen LogP contribution in [-0.4, -0.2) is 8.32 Å². The molecule has 0 aliphatic carbocycles. The molecule has 108 valence electrons. The topological polar surface area (TPSA) is 9.23 Å². The van der Waals surface area contributed by atoms with E-state index in [1.54, 1.807) is 6.07 Å². The third-order valence-electron chi connectivity index (χ3n) is 3.66. The third-order valence-corrected chi connectivity index (χ3v) is 8.14. The van der Waals surface area contributed by atoms with Crippen molar-refractivity contribution in [1.29, 1.82) is 0 Å². The number of alkyl halides is 3. The Bertz CT molecular complexity index is 433. The summed E-state index contributed by atoms with van der Waals surface area (Å²) in [5.74, 6) is 0. The summed E-state index contributed by atoms with van der Waals surface area (Å²) in [4.78, 5) is 0. The Kier molecular flexibility index (Phi) is 4.52. The summed E-state index contributed by atoms with van der Waals surface area (Å²) < 4.78 is 43.7. The van der Waals surface area contributed by atoms with Gasteiger partial charge in [0.2, 0.25) is 0 Å². The molecule has 0 spiro atoms. The molecule has 0 unspecified atom stereocenters. The molecule has 0 fully saturated rings. The lowest BCUT2D eigenvalue weighted by Crippen LogP contribution is -2.40. The fourth-order valence-corrected chi connectivity index (χ4v) is 2.28. The van der Waals surface area contributed by atoms with Gasteiger partial charge < -0.3 is 4.43 Å². The average molecular weight is 290 g/mol. The van der Waals surface area contributed by atoms with E-state index < -0.39 is 20.1 Å². The summed E-state index contributed by atoms with van der Waals surface area (Å²) in [6.07, 6.45) is -4.30. The van der Waals surface area contributed by atoms with Gasteiger partial charge in [-0.1, -0.05) is 32.9 Å². The van der Waals surface area contributed by atoms with Gasteiger partial charge >= 0.3 is 6.18 Å². The number of rotatable bonds is 3. The van der Waals surface area contributed by atoms with Crippen LogP contribution in [0.25, 0.3) is 0 Å². The van der Waals surface area contributed by atoms with Crippen LogP contribution in [0.5, 0.6) is 0 Å². The lowest BCUT2D eigenvalue weighted by atomic mass is 10.1. The van der Waals surface area contributed by atoms with E-state index in [2.05, 4.69) is 33.9 Å². The van der Waals surface area contributed by atoms with Crippen molar-refractivity contribution in [1.82, 2.24) is 0 Å². The van der Waals surface area contributed by atoms with Crippen molar-refractivity contribution in [3.05, 3.63) is 35.4 Å². The average Bonchev–Trinajstić information content (AvgIpc) is 2.24. The van der Waals surface area contributed by atoms with Gasteiger partial charge in [-0.3, -0.25) is 0 Å². The van der Waals surface area contributed by atoms with E-state index in [0.717, 1.165) is 12.1 Å². The lowest BCUT2D eigenvalue weighted by Gasteiger charge is -2.36. The molecule has 0 heterocycles. The Hall–Kier alpha value is -0.813. The molecule has 1 nitrogen and oxygen atoms in total. The number of hydrogen-bond acceptors (Lipinski definition) is 1. The van der Waals surface area contributed by atoms with Gasteiger partial charge in [0.1, 0.15) is 0 Å². The van der Waals surface area contributed by atoms with Gasteiger partial charge in [-0.05, 0) is 35.8 Å². The van der Waals surface area contributed by atoms with Crippen LogP contribution >= 0.6 is 0 Å². The zero-order valence-electron chi connectivity index (χ0n) is 12.1. The van der Waals surface area contributed by atoms with Crippen molar-refractivity contribution < 1.29 is 17.6 Å². The Morgan fingerprint density at radius 2 is 1.68 bits per heavy atom. The van der Waals surface area contributed by atoms with Crippen LogP contribution in [0.4, 0.5) is 13.2 Å². The van der Waals surface area contributed by atoms with Gasteiger partial charge in [0, 0.05) is 0 Å². The summed E-state index contributed by atoms with van der Waals surface area (Å²) in [5, 5.41) is 0.0502. The highest BCUT2D eigenvalue weighted by molar-refractivity contribution is 6.74. The van der Waals surface area contributed by atoms with Crippen LogP contribution in [-0.2, 0) is 17.2 Å². The number of hydrogen-bond donors (Lipinski definition) is 0. The molecule has 0 atom stereocenters. The van der Waals surface area contributed by atoms with Gasteiger partial charge in [-0.25, -0.2) is 0 Å². The van der Waals surface area contributed by atoms with Crippen LogP contribution in [0.3, 0.4) is 0 Å². The number of halogens is 3. The first-order valence-corrected chi connectivity index (χ1v) is 9.14. The minimum atomic E-state index is -4.30. The Balaban J connectivity index is 2.80. The first kappa shape index (κ1) is 16.2. The molecule has 1 aromatic rings. The van der Waals surface area contributed by atoms with E-state index in [4.69, 9.17) is 4.43 Å². The minimum absolute atomic E-state index is 0.0502. The van der Waals surface area contributed by atoms with E-state index >= 15 is 0 Å². The van der Waals surface area contributed by atoms with E-state index in [0.29, 0.717) is 5.56 Å². The molecule has 0 radical (unpaired) electrons. The van der Waals surface area contributed by atoms with Crippen LogP contribution < -0.4 is 0 Å². The molecule has 0 amide bonds. The van der Waals surface area contributed by atoms with Crippen molar-refractivity contribution >= 4 is 8.32 Å². The maximum Gasteiger partial charge on any atom is 0.416 e. The van der Waals surface area contributed by atoms with Crippen LogP contribution in [0.2, 0.25) is 18.1 Å². The van der Waals surface area contributed by atoms with Gasteiger partial charge in [0.15, 0.2) is 8.32 Å². The van der Waals surface area contributed by atoms with E-state index in [1.165, 1.54) is 6.07 Å². The molecule has 0 aromatic heterocycles. The fourth-order valence-electron chi connectivity index (χ4n) is 1.32. The maximum atomic E-state index is 12.6. The first-order valence-electron chi connectivity index (χ1n) is 6.23. The molecule has 19 heavy (non-hydrogen) atoms. The quantitative estimate of drug-likeness (QED) is 0.693. The van der Waals surface area contributed by atoms with Gasteiger partial charge in [-0.15, -0.1) is 0 Å². The first-order chi connectivity index (χ1) is 8.43. The monoisotopic (exact) mass is 290 g/mol. The van der Waals surface area contributed by atoms with Gasteiger partial charge in [-0.2, -0.15) is 13.2 Å². The van der Waals surface area contributed by atoms with Crippen LogP contribution in [0.15, 0.2) is 24.3 Å². The Morgan fingerprint density at radius 1 is 1.11 bits per heavy atom. The molecule has 0 saturated carbocycles. The summed E-state index contributed by atoms with van der Waals surface area (Å²) in [6.45, 7) is 10.7. The van der Waals surface area contributed by atoms with Crippen molar-refractivity contribution in [2.45, 2.75) is 51.7 Å². The predicted octanol–water partition coefficient (Wildman–Crippen LogP) is 5.23. The second kappa shape index (κ2) is 5.29. The summed E-state index contributed by atoms with van der Waals surface area (Å²) in [5.41, 5.74) is -0.0523. The third kappa shape index (κ3) is 4.35. The van der Waals surface area contributed by atoms with Crippen LogP contribution in [0.1, 0.15) is 31.9 Å². The molecular weight excluding hydrogens is 269 g/mol. The molecular formula is C14H21F3OSi.